The fourth-order valence-corrected chi connectivity index (χ4v) is 6.67. The van der Waals surface area contributed by atoms with E-state index in [1.807, 2.05) is 44.2 Å². The summed E-state index contributed by atoms with van der Waals surface area (Å²) in [5.74, 6) is -1.14. The third-order valence-corrected chi connectivity index (χ3v) is 8.93. The first-order chi connectivity index (χ1) is 22.2. The van der Waals surface area contributed by atoms with Crippen molar-refractivity contribution in [2.24, 2.45) is 0 Å². The van der Waals surface area contributed by atoms with Crippen molar-refractivity contribution in [1.29, 1.82) is 0 Å². The van der Waals surface area contributed by atoms with Crippen molar-refractivity contribution in [2.45, 2.75) is 45.9 Å². The molecule has 0 bridgehead atoms. The van der Waals surface area contributed by atoms with Gasteiger partial charge in [0, 0.05) is 12.0 Å². The zero-order valence-corrected chi connectivity index (χ0v) is 26.6. The number of Topliss-reactive ketones (excluding diaryl/α,β-unsaturated/α-hetero) is 1. The second-order valence-corrected chi connectivity index (χ2v) is 11.9. The highest BCUT2D eigenvalue weighted by molar-refractivity contribution is 7.17. The van der Waals surface area contributed by atoms with Crippen LogP contribution < -0.4 is 19.1 Å². The van der Waals surface area contributed by atoms with Gasteiger partial charge in [-0.25, -0.2) is 9.78 Å². The largest absolute Gasteiger partial charge is 0.507 e. The minimum absolute atomic E-state index is 0.0188. The summed E-state index contributed by atoms with van der Waals surface area (Å²) in [6.45, 7) is 6.04. The van der Waals surface area contributed by atoms with Crippen LogP contribution in [0.1, 0.15) is 57.5 Å². The number of carbonyl (C=O) groups excluding carboxylic acids is 3. The van der Waals surface area contributed by atoms with E-state index in [4.69, 9.17) is 18.9 Å². The van der Waals surface area contributed by atoms with Crippen LogP contribution in [-0.2, 0) is 27.4 Å². The smallest absolute Gasteiger partial charge is 0.350 e. The first-order valence-electron chi connectivity index (χ1n) is 14.8. The number of hydrogen-bond acceptors (Lipinski definition) is 10. The number of rotatable bonds is 9. The molecule has 0 aliphatic carbocycles. The van der Waals surface area contributed by atoms with E-state index >= 15 is 0 Å². The maximum absolute atomic E-state index is 13.8. The SMILES string of the molecule is CCOc1cc([C@@H]2C(=C(O)c3ccc4c(c3)C[C@H](C)O4)C(=O)C(=O)N2c2nc(C)c(C(=O)OC)s2)ccc1OCc1ccccc1. The molecule has 1 N–H and O–H groups in total. The molecular formula is C35H32N2O8S. The van der Waals surface area contributed by atoms with E-state index in [1.54, 1.807) is 43.3 Å². The van der Waals surface area contributed by atoms with Crippen LogP contribution in [0, 0.1) is 6.92 Å². The summed E-state index contributed by atoms with van der Waals surface area (Å²) >= 11 is 0.934. The molecule has 0 unspecified atom stereocenters. The molecule has 236 valence electrons. The summed E-state index contributed by atoms with van der Waals surface area (Å²) in [5.41, 5.74) is 2.93. The number of ether oxygens (including phenoxy) is 4. The predicted octanol–water partition coefficient (Wildman–Crippen LogP) is 6.17. The van der Waals surface area contributed by atoms with Gasteiger partial charge in [0.05, 0.1) is 31.0 Å². The number of anilines is 1. The Bertz CT molecular complexity index is 1870. The van der Waals surface area contributed by atoms with E-state index in [-0.39, 0.29) is 27.4 Å². The quantitative estimate of drug-likeness (QED) is 0.0991. The lowest BCUT2D eigenvalue weighted by Gasteiger charge is -2.24. The van der Waals surface area contributed by atoms with Crippen molar-refractivity contribution in [3.8, 4) is 17.2 Å². The number of thiazole rings is 1. The summed E-state index contributed by atoms with van der Waals surface area (Å²) in [4.78, 5) is 45.9. The molecule has 1 amide bonds. The fourth-order valence-electron chi connectivity index (χ4n) is 5.65. The van der Waals surface area contributed by atoms with E-state index < -0.39 is 23.7 Å². The van der Waals surface area contributed by atoms with Crippen LogP contribution in [0.15, 0.2) is 72.3 Å². The number of carbonyl (C=O) groups is 3. The normalized spacial score (nSPS) is 18.3. The number of aryl methyl sites for hydroxylation is 1. The number of nitrogens with zero attached hydrogens (tertiary/aromatic N) is 2. The maximum atomic E-state index is 13.8. The number of hydrogen-bond donors (Lipinski definition) is 1. The minimum Gasteiger partial charge on any atom is -0.507 e. The number of esters is 1. The number of methoxy groups -OCH3 is 1. The summed E-state index contributed by atoms with van der Waals surface area (Å²) in [6, 6.07) is 18.9. The number of fused-ring (bicyclic) bond motifs is 1. The number of aliphatic hydroxyl groups excluding tert-OH is 1. The van der Waals surface area contributed by atoms with Crippen LogP contribution in [0.4, 0.5) is 5.13 Å². The van der Waals surface area contributed by atoms with Gasteiger partial charge in [-0.1, -0.05) is 47.7 Å². The van der Waals surface area contributed by atoms with Gasteiger partial charge in [-0.15, -0.1) is 0 Å². The van der Waals surface area contributed by atoms with Crippen LogP contribution >= 0.6 is 11.3 Å². The van der Waals surface area contributed by atoms with Crippen molar-refractivity contribution in [3.63, 3.8) is 0 Å². The van der Waals surface area contributed by atoms with Crippen LogP contribution in [0.3, 0.4) is 0 Å². The molecule has 3 aromatic carbocycles. The van der Waals surface area contributed by atoms with Gasteiger partial charge in [-0.05, 0) is 67.8 Å². The molecule has 0 saturated carbocycles. The fraction of sp³-hybridized carbons (Fsp3) is 0.257. The Balaban J connectivity index is 1.48. The second-order valence-electron chi connectivity index (χ2n) is 10.9. The molecule has 4 aromatic rings. The van der Waals surface area contributed by atoms with E-state index in [2.05, 4.69) is 4.98 Å². The third kappa shape index (κ3) is 5.69. The molecule has 11 heteroatoms. The molecule has 1 fully saturated rings. The van der Waals surface area contributed by atoms with E-state index in [9.17, 15) is 19.5 Å². The molecule has 6 rings (SSSR count). The molecule has 2 aliphatic rings. The lowest BCUT2D eigenvalue weighted by Crippen LogP contribution is -2.29. The van der Waals surface area contributed by atoms with Crippen molar-refractivity contribution in [1.82, 2.24) is 4.98 Å². The molecule has 46 heavy (non-hydrogen) atoms. The van der Waals surface area contributed by atoms with Gasteiger partial charge >= 0.3 is 11.9 Å². The first-order valence-corrected chi connectivity index (χ1v) is 15.6. The topological polar surface area (TPSA) is 124 Å². The number of ketones is 1. The monoisotopic (exact) mass is 640 g/mol. The highest BCUT2D eigenvalue weighted by Gasteiger charge is 2.49. The second kappa shape index (κ2) is 12.7. The van der Waals surface area contributed by atoms with Gasteiger partial charge in [0.15, 0.2) is 16.6 Å². The lowest BCUT2D eigenvalue weighted by atomic mass is 9.94. The summed E-state index contributed by atoms with van der Waals surface area (Å²) in [6.07, 6.45) is 0.625. The van der Waals surface area contributed by atoms with Crippen molar-refractivity contribution in [3.05, 3.63) is 105 Å². The Hall–Kier alpha value is -5.16. The van der Waals surface area contributed by atoms with E-state index in [1.165, 1.54) is 12.0 Å². The first kappa shape index (κ1) is 30.8. The predicted molar refractivity (Wildman–Crippen MR) is 172 cm³/mol. The highest BCUT2D eigenvalue weighted by Crippen LogP contribution is 2.46. The summed E-state index contributed by atoms with van der Waals surface area (Å²) in [5, 5.41) is 11.8. The third-order valence-electron chi connectivity index (χ3n) is 7.80. The van der Waals surface area contributed by atoms with Gasteiger partial charge in [0.25, 0.3) is 5.78 Å². The number of benzene rings is 3. The molecule has 10 nitrogen and oxygen atoms in total. The van der Waals surface area contributed by atoms with Crippen LogP contribution in [0.25, 0.3) is 5.76 Å². The van der Waals surface area contributed by atoms with Crippen molar-refractivity contribution >= 4 is 39.9 Å². The molecule has 2 atom stereocenters. The van der Waals surface area contributed by atoms with Crippen LogP contribution in [-0.4, -0.2) is 47.6 Å². The average Bonchev–Trinajstić information content (AvgIpc) is 3.71. The number of amides is 1. The standard InChI is InChI=1S/C35H32N2O8S/c1-5-43-27-17-22(11-14-26(27)44-18-21-9-7-6-8-10-21)29-28(30(38)23-12-13-25-24(16-23)15-19(2)45-25)31(39)33(40)37(29)35-36-20(3)32(46-35)34(41)42-4/h6-14,16-17,19,29,38H,5,15,18H2,1-4H3/t19-,29+/m0/s1. The number of aromatic nitrogens is 1. The molecule has 1 aromatic heterocycles. The Morgan fingerprint density at radius 3 is 2.59 bits per heavy atom. The molecule has 0 spiro atoms. The molecular weight excluding hydrogens is 608 g/mol. The average molecular weight is 641 g/mol. The van der Waals surface area contributed by atoms with Crippen molar-refractivity contribution < 1.29 is 38.4 Å². The molecule has 3 heterocycles. The Morgan fingerprint density at radius 2 is 1.85 bits per heavy atom. The molecule has 1 saturated heterocycles. The van der Waals surface area contributed by atoms with Crippen LogP contribution in [0.2, 0.25) is 0 Å². The summed E-state index contributed by atoms with van der Waals surface area (Å²) < 4.78 is 22.7. The Labute approximate surface area is 269 Å². The Morgan fingerprint density at radius 1 is 1.07 bits per heavy atom. The zero-order valence-electron chi connectivity index (χ0n) is 25.7. The minimum atomic E-state index is -1.10. The van der Waals surface area contributed by atoms with Crippen LogP contribution in [0.5, 0.6) is 17.2 Å². The molecule has 2 aliphatic heterocycles. The van der Waals surface area contributed by atoms with E-state index in [0.29, 0.717) is 53.7 Å². The van der Waals surface area contributed by atoms with E-state index in [0.717, 1.165) is 22.5 Å². The van der Waals surface area contributed by atoms with Gasteiger partial charge in [-0.3, -0.25) is 14.5 Å². The Kier molecular flexibility index (Phi) is 8.50. The van der Waals surface area contributed by atoms with Gasteiger partial charge in [-0.2, -0.15) is 0 Å². The summed E-state index contributed by atoms with van der Waals surface area (Å²) in [7, 11) is 1.26. The van der Waals surface area contributed by atoms with Crippen molar-refractivity contribution in [2.75, 3.05) is 18.6 Å². The number of aliphatic hydroxyl groups is 1. The lowest BCUT2D eigenvalue weighted by molar-refractivity contribution is -0.132. The molecule has 0 radical (unpaired) electrons. The van der Waals surface area contributed by atoms with Gasteiger partial charge in [0.1, 0.15) is 29.1 Å². The van der Waals surface area contributed by atoms with Gasteiger partial charge < -0.3 is 24.1 Å². The zero-order chi connectivity index (χ0) is 32.5. The maximum Gasteiger partial charge on any atom is 0.350 e. The van der Waals surface area contributed by atoms with Gasteiger partial charge in [0.2, 0.25) is 0 Å². The highest BCUT2D eigenvalue weighted by atomic mass is 32.1.